The molecule has 1 aliphatic carbocycles. The third-order valence-corrected chi connectivity index (χ3v) is 4.94. The zero-order valence-electron chi connectivity index (χ0n) is 13.1. The highest BCUT2D eigenvalue weighted by molar-refractivity contribution is 5.84. The lowest BCUT2D eigenvalue weighted by Crippen LogP contribution is -2.38. The fraction of sp³-hybridized carbons (Fsp3) is 0.875. The summed E-state index contributed by atoms with van der Waals surface area (Å²) in [5.41, 5.74) is -0.899. The monoisotopic (exact) mass is 283 g/mol. The van der Waals surface area contributed by atoms with Gasteiger partial charge in [0.1, 0.15) is 0 Å². The second-order valence-corrected chi connectivity index (χ2v) is 6.41. The van der Waals surface area contributed by atoms with E-state index in [1.54, 1.807) is 0 Å². The highest BCUT2D eigenvalue weighted by Crippen LogP contribution is 2.31. The van der Waals surface area contributed by atoms with Crippen LogP contribution < -0.4 is 5.32 Å². The maximum atomic E-state index is 12.0. The van der Waals surface area contributed by atoms with Gasteiger partial charge >= 0.3 is 5.97 Å². The second-order valence-electron chi connectivity index (χ2n) is 6.41. The van der Waals surface area contributed by atoms with E-state index in [1.807, 2.05) is 13.8 Å². The number of hydrogen-bond acceptors (Lipinski definition) is 2. The van der Waals surface area contributed by atoms with Crippen LogP contribution in [-0.4, -0.2) is 23.5 Å². The van der Waals surface area contributed by atoms with Gasteiger partial charge in [0.2, 0.25) is 5.91 Å². The van der Waals surface area contributed by atoms with Gasteiger partial charge in [0, 0.05) is 13.0 Å². The molecule has 0 aromatic rings. The molecular formula is C16H29NO3. The van der Waals surface area contributed by atoms with Gasteiger partial charge in [-0.3, -0.25) is 9.59 Å². The average molecular weight is 283 g/mol. The van der Waals surface area contributed by atoms with Crippen LogP contribution >= 0.6 is 0 Å². The first kappa shape index (κ1) is 17.0. The summed E-state index contributed by atoms with van der Waals surface area (Å²) in [7, 11) is 0. The van der Waals surface area contributed by atoms with Crippen molar-refractivity contribution in [3.8, 4) is 0 Å². The zero-order valence-corrected chi connectivity index (χ0v) is 13.1. The molecule has 1 rings (SSSR count). The van der Waals surface area contributed by atoms with Crippen molar-refractivity contribution in [2.24, 2.45) is 17.3 Å². The Morgan fingerprint density at radius 2 is 1.90 bits per heavy atom. The molecule has 20 heavy (non-hydrogen) atoms. The Morgan fingerprint density at radius 1 is 1.25 bits per heavy atom. The Labute approximate surface area is 122 Å². The largest absolute Gasteiger partial charge is 0.481 e. The standard InChI is InChI=1S/C16H29NO3/c1-4-16(5-2,15(19)20)10-14(18)17-11-13-8-6-7-12(3)9-13/h12-13H,4-11H2,1-3H3,(H,17,18)(H,19,20). The van der Waals surface area contributed by atoms with Gasteiger partial charge in [-0.2, -0.15) is 0 Å². The molecule has 0 aromatic carbocycles. The fourth-order valence-electron chi connectivity index (χ4n) is 3.25. The second kappa shape index (κ2) is 7.65. The molecule has 4 nitrogen and oxygen atoms in total. The summed E-state index contributed by atoms with van der Waals surface area (Å²) in [5, 5.41) is 12.3. The van der Waals surface area contributed by atoms with Crippen molar-refractivity contribution in [3.63, 3.8) is 0 Å². The molecule has 0 bridgehead atoms. The first-order chi connectivity index (χ1) is 9.43. The lowest BCUT2D eigenvalue weighted by molar-refractivity contribution is -0.152. The van der Waals surface area contributed by atoms with Crippen molar-refractivity contribution in [2.45, 2.75) is 65.7 Å². The van der Waals surface area contributed by atoms with Crippen LogP contribution in [0.4, 0.5) is 0 Å². The lowest BCUT2D eigenvalue weighted by Gasteiger charge is -2.28. The molecule has 0 radical (unpaired) electrons. The number of carbonyl (C=O) groups excluding carboxylic acids is 1. The van der Waals surface area contributed by atoms with Gasteiger partial charge in [-0.15, -0.1) is 0 Å². The van der Waals surface area contributed by atoms with Crippen LogP contribution in [0.25, 0.3) is 0 Å². The van der Waals surface area contributed by atoms with Gasteiger partial charge in [0.15, 0.2) is 0 Å². The predicted octanol–water partition coefficient (Wildman–Crippen LogP) is 3.21. The van der Waals surface area contributed by atoms with Crippen LogP contribution in [0.5, 0.6) is 0 Å². The van der Waals surface area contributed by atoms with Gasteiger partial charge in [-0.25, -0.2) is 0 Å². The van der Waals surface area contributed by atoms with E-state index in [0.717, 1.165) is 5.92 Å². The van der Waals surface area contributed by atoms with E-state index in [4.69, 9.17) is 0 Å². The number of rotatable bonds is 7. The predicted molar refractivity (Wildman–Crippen MR) is 79.4 cm³/mol. The van der Waals surface area contributed by atoms with Crippen molar-refractivity contribution in [1.29, 1.82) is 0 Å². The van der Waals surface area contributed by atoms with E-state index < -0.39 is 11.4 Å². The first-order valence-electron chi connectivity index (χ1n) is 7.93. The van der Waals surface area contributed by atoms with Crippen LogP contribution in [0.15, 0.2) is 0 Å². The molecule has 0 aliphatic heterocycles. The molecule has 116 valence electrons. The molecule has 2 N–H and O–H groups in total. The summed E-state index contributed by atoms with van der Waals surface area (Å²) in [5.74, 6) is 0.332. The smallest absolute Gasteiger partial charge is 0.310 e. The Balaban J connectivity index is 2.44. The Kier molecular flexibility index (Phi) is 6.50. The van der Waals surface area contributed by atoms with Crippen molar-refractivity contribution in [1.82, 2.24) is 5.32 Å². The molecule has 0 spiro atoms. The number of amides is 1. The van der Waals surface area contributed by atoms with Gasteiger partial charge in [-0.05, 0) is 37.5 Å². The van der Waals surface area contributed by atoms with Gasteiger partial charge in [0.05, 0.1) is 5.41 Å². The molecule has 2 atom stereocenters. The van der Waals surface area contributed by atoms with E-state index in [2.05, 4.69) is 12.2 Å². The number of nitrogens with one attached hydrogen (secondary N) is 1. The Hall–Kier alpha value is -1.06. The fourth-order valence-corrected chi connectivity index (χ4v) is 3.25. The number of aliphatic carboxylic acids is 1. The highest BCUT2D eigenvalue weighted by atomic mass is 16.4. The summed E-state index contributed by atoms with van der Waals surface area (Å²) in [4.78, 5) is 23.4. The van der Waals surface area contributed by atoms with Crippen molar-refractivity contribution in [2.75, 3.05) is 6.54 Å². The van der Waals surface area contributed by atoms with Crippen LogP contribution in [0, 0.1) is 17.3 Å². The summed E-state index contributed by atoms with van der Waals surface area (Å²) < 4.78 is 0. The quantitative estimate of drug-likeness (QED) is 0.754. The van der Waals surface area contributed by atoms with Crippen molar-refractivity contribution >= 4 is 11.9 Å². The van der Waals surface area contributed by atoms with E-state index >= 15 is 0 Å². The maximum Gasteiger partial charge on any atom is 0.310 e. The number of carboxylic acids is 1. The molecule has 2 unspecified atom stereocenters. The minimum atomic E-state index is -0.899. The number of carboxylic acid groups (broad SMARTS) is 1. The third kappa shape index (κ3) is 4.50. The average Bonchev–Trinajstić information content (AvgIpc) is 2.42. The van der Waals surface area contributed by atoms with E-state index in [9.17, 15) is 14.7 Å². The van der Waals surface area contributed by atoms with Gasteiger partial charge < -0.3 is 10.4 Å². The molecule has 0 aromatic heterocycles. The highest BCUT2D eigenvalue weighted by Gasteiger charge is 2.37. The molecule has 1 aliphatic rings. The molecule has 1 fully saturated rings. The topological polar surface area (TPSA) is 66.4 Å². The Bertz CT molecular complexity index is 337. The summed E-state index contributed by atoms with van der Waals surface area (Å²) in [6, 6.07) is 0. The SMILES string of the molecule is CCC(CC)(CC(=O)NCC1CCCC(C)C1)C(=O)O. The first-order valence-corrected chi connectivity index (χ1v) is 7.93. The number of carbonyl (C=O) groups is 2. The van der Waals surface area contributed by atoms with Gasteiger partial charge in [-0.1, -0.05) is 33.6 Å². The minimum Gasteiger partial charge on any atom is -0.481 e. The summed E-state index contributed by atoms with van der Waals surface area (Å²) in [6.45, 7) is 6.64. The van der Waals surface area contributed by atoms with Crippen LogP contribution in [0.3, 0.4) is 0 Å². The van der Waals surface area contributed by atoms with E-state index in [1.165, 1.54) is 25.7 Å². The maximum absolute atomic E-state index is 12.0. The van der Waals surface area contributed by atoms with E-state index in [0.29, 0.717) is 25.3 Å². The van der Waals surface area contributed by atoms with Crippen LogP contribution in [0.1, 0.15) is 65.7 Å². The third-order valence-electron chi connectivity index (χ3n) is 4.94. The number of hydrogen-bond donors (Lipinski definition) is 2. The van der Waals surface area contributed by atoms with Crippen molar-refractivity contribution < 1.29 is 14.7 Å². The summed E-state index contributed by atoms with van der Waals surface area (Å²) in [6.07, 6.45) is 5.96. The lowest BCUT2D eigenvalue weighted by atomic mass is 9.79. The molecule has 1 amide bonds. The van der Waals surface area contributed by atoms with Crippen LogP contribution in [0.2, 0.25) is 0 Å². The molecule has 1 saturated carbocycles. The van der Waals surface area contributed by atoms with Crippen LogP contribution in [-0.2, 0) is 9.59 Å². The Morgan fingerprint density at radius 3 is 2.40 bits per heavy atom. The molecule has 4 heteroatoms. The summed E-state index contributed by atoms with van der Waals surface area (Å²) >= 11 is 0. The minimum absolute atomic E-state index is 0.0948. The molecule has 0 heterocycles. The normalized spacial score (nSPS) is 23.4. The molecular weight excluding hydrogens is 254 g/mol. The van der Waals surface area contributed by atoms with E-state index in [-0.39, 0.29) is 12.3 Å². The van der Waals surface area contributed by atoms with Gasteiger partial charge in [0.25, 0.3) is 0 Å². The molecule has 0 saturated heterocycles. The van der Waals surface area contributed by atoms with Crippen molar-refractivity contribution in [3.05, 3.63) is 0 Å². The zero-order chi connectivity index (χ0) is 15.2.